The van der Waals surface area contributed by atoms with Gasteiger partial charge in [0.2, 0.25) is 5.91 Å². The molecule has 0 radical (unpaired) electrons. The monoisotopic (exact) mass is 388 g/mol. The van der Waals surface area contributed by atoms with Crippen molar-refractivity contribution in [3.63, 3.8) is 0 Å². The smallest absolute Gasteiger partial charge is 0.405 e. The number of amides is 2. The highest BCUT2D eigenvalue weighted by molar-refractivity contribution is 6.11. The maximum absolute atomic E-state index is 13.3. The molecule has 1 aromatic carbocycles. The van der Waals surface area contributed by atoms with Gasteiger partial charge < -0.3 is 15.2 Å². The second kappa shape index (κ2) is 7.84. The van der Waals surface area contributed by atoms with Gasteiger partial charge in [0.1, 0.15) is 18.0 Å². The molecule has 27 heavy (non-hydrogen) atoms. The van der Waals surface area contributed by atoms with E-state index in [2.05, 4.69) is 4.74 Å². The van der Waals surface area contributed by atoms with Gasteiger partial charge in [-0.15, -0.1) is 19.6 Å². The van der Waals surface area contributed by atoms with Gasteiger partial charge in [-0.1, -0.05) is 0 Å². The van der Waals surface area contributed by atoms with Crippen molar-refractivity contribution in [2.45, 2.75) is 31.4 Å². The summed E-state index contributed by atoms with van der Waals surface area (Å²) in [6.45, 7) is -1.07. The summed E-state index contributed by atoms with van der Waals surface area (Å²) in [6.07, 6.45) is 0.227. The quantitative estimate of drug-likeness (QED) is 0.618. The number of alkyl halides is 4. The van der Waals surface area contributed by atoms with E-state index in [4.69, 9.17) is 16.9 Å². The molecule has 0 spiro atoms. The van der Waals surface area contributed by atoms with E-state index in [1.54, 1.807) is 0 Å². The number of halogens is 4. The number of anilines is 1. The van der Waals surface area contributed by atoms with E-state index in [1.807, 2.05) is 5.92 Å². The Labute approximate surface area is 152 Å². The first kappa shape index (κ1) is 20.5. The van der Waals surface area contributed by atoms with E-state index < -0.39 is 41.7 Å². The predicted molar refractivity (Wildman–Crippen MR) is 86.2 cm³/mol. The first-order valence-electron chi connectivity index (χ1n) is 7.77. The summed E-state index contributed by atoms with van der Waals surface area (Å²) in [6, 6.07) is 2.90. The Kier molecular flexibility index (Phi) is 5.95. The number of rotatable bonds is 5. The molecular weight excluding hydrogens is 372 g/mol. The third kappa shape index (κ3) is 4.31. The summed E-state index contributed by atoms with van der Waals surface area (Å²) in [5.41, 5.74) is 3.44. The number of primary amides is 1. The zero-order chi connectivity index (χ0) is 20.2. The molecule has 1 fully saturated rings. The largest absolute Gasteiger partial charge is 0.573 e. The van der Waals surface area contributed by atoms with Crippen LogP contribution in [-0.4, -0.2) is 36.9 Å². The lowest BCUT2D eigenvalue weighted by Gasteiger charge is -2.43. The topological polar surface area (TPSA) is 81.9 Å². The summed E-state index contributed by atoms with van der Waals surface area (Å²) >= 11 is 0. The number of carbonyl (C=O) groups is 2. The van der Waals surface area contributed by atoms with Crippen molar-refractivity contribution in [3.05, 3.63) is 23.8 Å². The summed E-state index contributed by atoms with van der Waals surface area (Å²) in [4.78, 5) is 25.5. The normalized spacial score (nSPS) is 16.3. The Morgan fingerprint density at radius 1 is 1.33 bits per heavy atom. The van der Waals surface area contributed by atoms with Gasteiger partial charge in [0, 0.05) is 37.3 Å². The summed E-state index contributed by atoms with van der Waals surface area (Å²) in [7, 11) is 0. The van der Waals surface area contributed by atoms with Crippen LogP contribution in [0.4, 0.5) is 23.2 Å². The van der Waals surface area contributed by atoms with Crippen LogP contribution in [0.15, 0.2) is 18.2 Å². The molecule has 0 atom stereocenters. The molecule has 0 aromatic heterocycles. The summed E-state index contributed by atoms with van der Waals surface area (Å²) in [5.74, 6) is -0.692. The average Bonchev–Trinajstić information content (AvgIpc) is 2.62. The molecule has 0 unspecified atom stereocenters. The fourth-order valence-electron chi connectivity index (χ4n) is 2.95. The molecule has 0 saturated carbocycles. The summed E-state index contributed by atoms with van der Waals surface area (Å²) in [5, 5.41) is 0. The molecule has 6 nitrogen and oxygen atoms in total. The number of terminal acetylenes is 1. The Morgan fingerprint density at radius 2 is 1.96 bits per heavy atom. The Morgan fingerprint density at radius 3 is 2.44 bits per heavy atom. The fraction of sp³-hybridized carbons (Fsp3) is 0.412. The van der Waals surface area contributed by atoms with Crippen LogP contribution in [0.5, 0.6) is 5.75 Å². The molecule has 10 heteroatoms. The number of carbonyl (C=O) groups excluding carboxylic acids is 2. The molecule has 1 saturated heterocycles. The fourth-order valence-corrected chi connectivity index (χ4v) is 2.95. The minimum absolute atomic E-state index is 0.0293. The van der Waals surface area contributed by atoms with Crippen molar-refractivity contribution in [2.24, 2.45) is 5.73 Å². The Bertz CT molecular complexity index is 767. The lowest BCUT2D eigenvalue weighted by molar-refractivity contribution is -0.275. The van der Waals surface area contributed by atoms with E-state index in [1.165, 1.54) is 0 Å². The van der Waals surface area contributed by atoms with Crippen LogP contribution in [-0.2, 0) is 21.0 Å². The minimum Gasteiger partial charge on any atom is -0.405 e. The lowest BCUT2D eigenvalue weighted by atomic mass is 9.86. The van der Waals surface area contributed by atoms with E-state index in [0.29, 0.717) is 0 Å². The number of hydrogen-bond donors (Lipinski definition) is 1. The number of nitrogens with zero attached hydrogens (tertiary/aromatic N) is 1. The van der Waals surface area contributed by atoms with Crippen LogP contribution in [0.3, 0.4) is 0 Å². The SMILES string of the molecule is C#CC(=O)N(c1ccc(OC(F)(F)F)c(CF)c1)C1(C(N)=O)CCOCC1. The molecule has 2 rings (SSSR count). The highest BCUT2D eigenvalue weighted by Crippen LogP contribution is 2.36. The molecule has 1 heterocycles. The first-order valence-corrected chi connectivity index (χ1v) is 7.77. The zero-order valence-corrected chi connectivity index (χ0v) is 14.0. The lowest BCUT2D eigenvalue weighted by Crippen LogP contribution is -2.62. The van der Waals surface area contributed by atoms with Crippen molar-refractivity contribution >= 4 is 17.5 Å². The number of hydrogen-bond acceptors (Lipinski definition) is 4. The Balaban J connectivity index is 2.56. The van der Waals surface area contributed by atoms with E-state index in [-0.39, 0.29) is 31.7 Å². The maximum Gasteiger partial charge on any atom is 0.573 e. The molecule has 1 aromatic rings. The van der Waals surface area contributed by atoms with Crippen LogP contribution < -0.4 is 15.4 Å². The third-order valence-electron chi connectivity index (χ3n) is 4.21. The van der Waals surface area contributed by atoms with E-state index >= 15 is 0 Å². The predicted octanol–water partition coefficient (Wildman–Crippen LogP) is 2.06. The van der Waals surface area contributed by atoms with Crippen molar-refractivity contribution in [1.29, 1.82) is 0 Å². The highest BCUT2D eigenvalue weighted by atomic mass is 19.4. The van der Waals surface area contributed by atoms with Crippen LogP contribution in [0.25, 0.3) is 0 Å². The van der Waals surface area contributed by atoms with Crippen LogP contribution >= 0.6 is 0 Å². The van der Waals surface area contributed by atoms with E-state index in [0.717, 1.165) is 23.1 Å². The van der Waals surface area contributed by atoms with Crippen molar-refractivity contribution in [2.75, 3.05) is 18.1 Å². The van der Waals surface area contributed by atoms with Gasteiger partial charge in [-0.2, -0.15) is 0 Å². The van der Waals surface area contributed by atoms with Gasteiger partial charge >= 0.3 is 12.3 Å². The van der Waals surface area contributed by atoms with Gasteiger partial charge in [0.25, 0.3) is 0 Å². The van der Waals surface area contributed by atoms with Crippen LogP contribution in [0.1, 0.15) is 18.4 Å². The highest BCUT2D eigenvalue weighted by Gasteiger charge is 2.47. The second-order valence-corrected chi connectivity index (χ2v) is 5.77. The molecule has 2 N–H and O–H groups in total. The molecule has 2 amide bonds. The van der Waals surface area contributed by atoms with Gasteiger partial charge in [0.15, 0.2) is 0 Å². The van der Waals surface area contributed by atoms with Crippen molar-refractivity contribution < 1.29 is 36.6 Å². The summed E-state index contributed by atoms with van der Waals surface area (Å²) < 4.78 is 59.6. The van der Waals surface area contributed by atoms with Gasteiger partial charge in [-0.25, -0.2) is 4.39 Å². The molecule has 146 valence electrons. The first-order chi connectivity index (χ1) is 12.6. The molecule has 0 aliphatic carbocycles. The van der Waals surface area contributed by atoms with Crippen LogP contribution in [0.2, 0.25) is 0 Å². The Hall–Kier alpha value is -2.80. The second-order valence-electron chi connectivity index (χ2n) is 5.77. The number of nitrogens with two attached hydrogens (primary N) is 1. The molecular formula is C17H16F4N2O4. The number of benzene rings is 1. The molecule has 0 bridgehead atoms. The van der Waals surface area contributed by atoms with Crippen LogP contribution in [0, 0.1) is 12.3 Å². The zero-order valence-electron chi connectivity index (χ0n) is 14.0. The van der Waals surface area contributed by atoms with Crippen molar-refractivity contribution in [3.8, 4) is 18.1 Å². The third-order valence-corrected chi connectivity index (χ3v) is 4.21. The molecule has 1 aliphatic heterocycles. The minimum atomic E-state index is -5.02. The standard InChI is InChI=1S/C17H16F4N2O4/c1-2-14(24)23(16(15(22)25)5-7-26-8-6-16)12-3-4-13(11(9-12)10-18)27-17(19,20)21/h1,3-4,9H,5-8,10H2,(H2,22,25). The van der Waals surface area contributed by atoms with E-state index in [9.17, 15) is 27.2 Å². The number of ether oxygens (including phenoxy) is 2. The van der Waals surface area contributed by atoms with Crippen molar-refractivity contribution in [1.82, 2.24) is 0 Å². The average molecular weight is 388 g/mol. The van der Waals surface area contributed by atoms with Gasteiger partial charge in [0.05, 0.1) is 0 Å². The maximum atomic E-state index is 13.3. The van der Waals surface area contributed by atoms with Gasteiger partial charge in [-0.3, -0.25) is 14.5 Å². The molecule has 1 aliphatic rings. The van der Waals surface area contributed by atoms with Gasteiger partial charge in [-0.05, 0) is 24.1 Å².